The number of benzene rings is 1. The maximum atomic E-state index is 11.5. The van der Waals surface area contributed by atoms with Crippen molar-refractivity contribution < 1.29 is 4.79 Å². The van der Waals surface area contributed by atoms with E-state index in [0.717, 1.165) is 12.1 Å². The summed E-state index contributed by atoms with van der Waals surface area (Å²) in [7, 11) is 0. The Morgan fingerprint density at radius 2 is 2.31 bits per heavy atom. The van der Waals surface area contributed by atoms with Crippen LogP contribution in [-0.2, 0) is 11.2 Å². The molecule has 0 aliphatic carbocycles. The van der Waals surface area contributed by atoms with Crippen LogP contribution in [0.25, 0.3) is 0 Å². The molecule has 1 aromatic rings. The van der Waals surface area contributed by atoms with Crippen LogP contribution in [0.4, 0.5) is 5.69 Å². The molecule has 0 aliphatic rings. The number of carbonyl (C=O) groups excluding carboxylic acids is 1. The third-order valence-electron chi connectivity index (χ3n) is 2.19. The van der Waals surface area contributed by atoms with Crippen LogP contribution in [0.2, 0.25) is 0 Å². The number of anilines is 1. The van der Waals surface area contributed by atoms with Crippen molar-refractivity contribution in [3.05, 3.63) is 42.5 Å². The molecule has 1 aromatic carbocycles. The number of carbonyl (C=O) groups is 1. The average Bonchev–Trinajstić information content (AvgIpc) is 2.29. The fourth-order valence-electron chi connectivity index (χ4n) is 1.36. The summed E-state index contributed by atoms with van der Waals surface area (Å²) in [5.74, 6) is -0.0323. The first-order valence-corrected chi connectivity index (χ1v) is 5.46. The van der Waals surface area contributed by atoms with Gasteiger partial charge in [-0.15, -0.1) is 6.58 Å². The molecule has 2 N–H and O–H groups in total. The van der Waals surface area contributed by atoms with E-state index in [4.69, 9.17) is 0 Å². The van der Waals surface area contributed by atoms with Gasteiger partial charge in [0.25, 0.3) is 0 Å². The normalized spacial score (nSPS) is 9.81. The van der Waals surface area contributed by atoms with Gasteiger partial charge in [0.1, 0.15) is 0 Å². The number of aryl methyl sites for hydroxylation is 1. The molecule has 0 aliphatic heterocycles. The molecular weight excluding hydrogens is 200 g/mol. The predicted octanol–water partition coefficient (Wildman–Crippen LogP) is 1.96. The van der Waals surface area contributed by atoms with Gasteiger partial charge in [-0.05, 0) is 24.1 Å². The Bertz CT molecular complexity index is 361. The molecule has 3 nitrogen and oxygen atoms in total. The summed E-state index contributed by atoms with van der Waals surface area (Å²) in [6.45, 7) is 6.61. The van der Waals surface area contributed by atoms with E-state index in [2.05, 4.69) is 24.1 Å². The number of amides is 1. The lowest BCUT2D eigenvalue weighted by atomic mass is 10.1. The van der Waals surface area contributed by atoms with Crippen molar-refractivity contribution in [2.45, 2.75) is 13.3 Å². The minimum absolute atomic E-state index is 0.0323. The maximum absolute atomic E-state index is 11.5. The van der Waals surface area contributed by atoms with Gasteiger partial charge in [-0.2, -0.15) is 0 Å². The van der Waals surface area contributed by atoms with Crippen molar-refractivity contribution in [3.63, 3.8) is 0 Å². The molecule has 0 atom stereocenters. The smallest absolute Gasteiger partial charge is 0.238 e. The van der Waals surface area contributed by atoms with Gasteiger partial charge in [-0.25, -0.2) is 0 Å². The molecule has 1 amide bonds. The topological polar surface area (TPSA) is 41.1 Å². The van der Waals surface area contributed by atoms with E-state index in [-0.39, 0.29) is 5.91 Å². The molecule has 3 heteroatoms. The molecule has 0 aromatic heterocycles. The van der Waals surface area contributed by atoms with Crippen LogP contribution < -0.4 is 10.6 Å². The number of rotatable bonds is 6. The van der Waals surface area contributed by atoms with Crippen molar-refractivity contribution in [2.75, 3.05) is 18.4 Å². The molecule has 0 radical (unpaired) electrons. The zero-order valence-corrected chi connectivity index (χ0v) is 9.62. The predicted molar refractivity (Wildman–Crippen MR) is 67.5 cm³/mol. The zero-order valence-electron chi connectivity index (χ0n) is 9.62. The van der Waals surface area contributed by atoms with E-state index in [0.29, 0.717) is 13.1 Å². The van der Waals surface area contributed by atoms with Gasteiger partial charge < -0.3 is 10.6 Å². The van der Waals surface area contributed by atoms with Gasteiger partial charge in [0.15, 0.2) is 0 Å². The first-order chi connectivity index (χ1) is 7.76. The Labute approximate surface area is 96.6 Å². The lowest BCUT2D eigenvalue weighted by Crippen LogP contribution is -2.28. The number of nitrogens with one attached hydrogen (secondary N) is 2. The molecule has 0 heterocycles. The van der Waals surface area contributed by atoms with Gasteiger partial charge in [-0.1, -0.05) is 25.1 Å². The second-order valence-electron chi connectivity index (χ2n) is 3.52. The molecule has 0 fully saturated rings. The summed E-state index contributed by atoms with van der Waals surface area (Å²) in [6, 6.07) is 7.88. The van der Waals surface area contributed by atoms with Crippen LogP contribution in [0.5, 0.6) is 0 Å². The van der Waals surface area contributed by atoms with Crippen molar-refractivity contribution in [3.8, 4) is 0 Å². The van der Waals surface area contributed by atoms with Crippen molar-refractivity contribution in [1.29, 1.82) is 0 Å². The minimum atomic E-state index is -0.0323. The van der Waals surface area contributed by atoms with Crippen LogP contribution >= 0.6 is 0 Å². The third-order valence-corrected chi connectivity index (χ3v) is 2.19. The van der Waals surface area contributed by atoms with E-state index in [9.17, 15) is 4.79 Å². The van der Waals surface area contributed by atoms with Gasteiger partial charge in [-0.3, -0.25) is 4.79 Å². The summed E-state index contributed by atoms with van der Waals surface area (Å²) in [5, 5.41) is 5.79. The molecule has 86 valence electrons. The third kappa shape index (κ3) is 4.28. The zero-order chi connectivity index (χ0) is 11.8. The molecule has 0 unspecified atom stereocenters. The Morgan fingerprint density at radius 3 is 3.00 bits per heavy atom. The Kier molecular flexibility index (Phi) is 5.29. The lowest BCUT2D eigenvalue weighted by molar-refractivity contribution is -0.115. The number of hydrogen-bond acceptors (Lipinski definition) is 2. The van der Waals surface area contributed by atoms with Crippen LogP contribution in [0.15, 0.2) is 36.9 Å². The van der Waals surface area contributed by atoms with Crippen LogP contribution in [0.3, 0.4) is 0 Å². The maximum Gasteiger partial charge on any atom is 0.238 e. The molecule has 0 spiro atoms. The molecule has 16 heavy (non-hydrogen) atoms. The molecule has 0 saturated heterocycles. The quantitative estimate of drug-likeness (QED) is 0.566. The van der Waals surface area contributed by atoms with Crippen molar-refractivity contribution in [2.24, 2.45) is 0 Å². The van der Waals surface area contributed by atoms with Crippen LogP contribution in [0, 0.1) is 0 Å². The van der Waals surface area contributed by atoms with Crippen LogP contribution in [0.1, 0.15) is 12.5 Å². The second kappa shape index (κ2) is 6.80. The largest absolute Gasteiger partial charge is 0.325 e. The Morgan fingerprint density at radius 1 is 1.50 bits per heavy atom. The SMILES string of the molecule is C=CCNCC(=O)Nc1cccc(CC)c1. The summed E-state index contributed by atoms with van der Waals surface area (Å²) < 4.78 is 0. The number of hydrogen-bond donors (Lipinski definition) is 2. The highest BCUT2D eigenvalue weighted by atomic mass is 16.1. The molecular formula is C13H18N2O. The van der Waals surface area contributed by atoms with E-state index < -0.39 is 0 Å². The highest BCUT2D eigenvalue weighted by molar-refractivity contribution is 5.92. The van der Waals surface area contributed by atoms with E-state index >= 15 is 0 Å². The minimum Gasteiger partial charge on any atom is -0.325 e. The molecule has 1 rings (SSSR count). The fourth-order valence-corrected chi connectivity index (χ4v) is 1.36. The standard InChI is InChI=1S/C13H18N2O/c1-3-8-14-10-13(16)15-12-7-5-6-11(4-2)9-12/h3,5-7,9,14H,1,4,8,10H2,2H3,(H,15,16). The highest BCUT2D eigenvalue weighted by Crippen LogP contribution is 2.10. The first kappa shape index (κ1) is 12.5. The van der Waals surface area contributed by atoms with Crippen molar-refractivity contribution in [1.82, 2.24) is 5.32 Å². The molecule has 0 saturated carbocycles. The second-order valence-corrected chi connectivity index (χ2v) is 3.52. The van der Waals surface area contributed by atoms with Gasteiger partial charge in [0.05, 0.1) is 6.54 Å². The Balaban J connectivity index is 2.45. The first-order valence-electron chi connectivity index (χ1n) is 5.46. The van der Waals surface area contributed by atoms with E-state index in [1.54, 1.807) is 6.08 Å². The monoisotopic (exact) mass is 218 g/mol. The fraction of sp³-hybridized carbons (Fsp3) is 0.308. The van der Waals surface area contributed by atoms with Gasteiger partial charge in [0.2, 0.25) is 5.91 Å². The van der Waals surface area contributed by atoms with Crippen molar-refractivity contribution >= 4 is 11.6 Å². The van der Waals surface area contributed by atoms with Crippen LogP contribution in [-0.4, -0.2) is 19.0 Å². The van der Waals surface area contributed by atoms with Gasteiger partial charge in [0, 0.05) is 12.2 Å². The van der Waals surface area contributed by atoms with E-state index in [1.807, 2.05) is 24.3 Å². The summed E-state index contributed by atoms with van der Waals surface area (Å²) in [4.78, 5) is 11.5. The summed E-state index contributed by atoms with van der Waals surface area (Å²) in [5.41, 5.74) is 2.07. The average molecular weight is 218 g/mol. The summed E-state index contributed by atoms with van der Waals surface area (Å²) in [6.07, 6.45) is 2.70. The summed E-state index contributed by atoms with van der Waals surface area (Å²) >= 11 is 0. The van der Waals surface area contributed by atoms with E-state index in [1.165, 1.54) is 5.56 Å². The van der Waals surface area contributed by atoms with Gasteiger partial charge >= 0.3 is 0 Å². The Hall–Kier alpha value is -1.61. The highest BCUT2D eigenvalue weighted by Gasteiger charge is 2.01. The molecule has 0 bridgehead atoms. The lowest BCUT2D eigenvalue weighted by Gasteiger charge is -2.06.